The van der Waals surface area contributed by atoms with Crippen molar-refractivity contribution in [2.75, 3.05) is 0 Å². The summed E-state index contributed by atoms with van der Waals surface area (Å²) in [7, 11) is 0. The summed E-state index contributed by atoms with van der Waals surface area (Å²) in [6.45, 7) is 3.92. The second kappa shape index (κ2) is 15.0. The van der Waals surface area contributed by atoms with Crippen LogP contribution in [0.3, 0.4) is 0 Å². The number of hydrogen-bond donors (Lipinski definition) is 2. The number of phenols is 2. The summed E-state index contributed by atoms with van der Waals surface area (Å²) in [4.78, 5) is 56.5. The average molecular weight is 700 g/mol. The highest BCUT2D eigenvalue weighted by Gasteiger charge is 2.27. The largest absolute Gasteiger partial charge is 0.507 e. The van der Waals surface area contributed by atoms with Crippen LogP contribution >= 0.6 is 15.9 Å². The maximum Gasteiger partial charge on any atom is 0.308 e. The van der Waals surface area contributed by atoms with E-state index in [0.717, 1.165) is 10.8 Å². The van der Waals surface area contributed by atoms with Gasteiger partial charge < -0.3 is 24.4 Å². The molecule has 0 fully saturated rings. The molecule has 0 aromatic heterocycles. The van der Waals surface area contributed by atoms with Gasteiger partial charge in [-0.3, -0.25) is 24.0 Å². The van der Waals surface area contributed by atoms with E-state index in [0.29, 0.717) is 22.3 Å². The normalized spacial score (nSPS) is 11.6. The standard InChI is InChI=1S/C14H12O4.C12H7BrO4.C10H8O2/c1-9(15)17-13-7-3-6-12-11(13)5-4-8-14(12)18-10(2)16;1-6(14)17-10-4-2-3-7-11(10)9(15)5-8(13)12(7)16;11-9-5-1-3-7-8(9)4-2-6-10(7)12/h3-8H,1-2H3;2-5H,1H3;1-6,11-12H. The molecule has 0 heterocycles. The number of rotatable bonds is 3. The molecule has 0 amide bonds. The highest BCUT2D eigenvalue weighted by atomic mass is 79.9. The van der Waals surface area contributed by atoms with Gasteiger partial charge in [0.2, 0.25) is 5.78 Å². The number of phenolic OH excluding ortho intramolecular Hbond substituents is 2. The van der Waals surface area contributed by atoms with E-state index < -0.39 is 5.97 Å². The van der Waals surface area contributed by atoms with Crippen molar-refractivity contribution in [2.45, 2.75) is 20.8 Å². The molecule has 0 spiro atoms. The minimum Gasteiger partial charge on any atom is -0.507 e. The van der Waals surface area contributed by atoms with Crippen molar-refractivity contribution in [3.63, 3.8) is 0 Å². The van der Waals surface area contributed by atoms with Gasteiger partial charge in [-0.1, -0.05) is 54.6 Å². The summed E-state index contributed by atoms with van der Waals surface area (Å²) in [5.74, 6) is -0.552. The van der Waals surface area contributed by atoms with Gasteiger partial charge in [0.25, 0.3) is 0 Å². The molecular weight excluding hydrogens is 672 g/mol. The summed E-state index contributed by atoms with van der Waals surface area (Å²) < 4.78 is 15.3. The summed E-state index contributed by atoms with van der Waals surface area (Å²) in [5, 5.41) is 21.6. The molecule has 0 unspecified atom stereocenters. The first kappa shape index (κ1) is 34.1. The molecule has 0 atom stereocenters. The Hall–Kier alpha value is -5.81. The van der Waals surface area contributed by atoms with Gasteiger partial charge in [-0.15, -0.1) is 0 Å². The molecule has 238 valence electrons. The monoisotopic (exact) mass is 698 g/mol. The van der Waals surface area contributed by atoms with Gasteiger partial charge >= 0.3 is 17.9 Å². The van der Waals surface area contributed by atoms with E-state index in [4.69, 9.17) is 14.2 Å². The fourth-order valence-corrected chi connectivity index (χ4v) is 5.03. The van der Waals surface area contributed by atoms with E-state index in [1.807, 2.05) is 0 Å². The van der Waals surface area contributed by atoms with Gasteiger partial charge in [-0.25, -0.2) is 0 Å². The van der Waals surface area contributed by atoms with E-state index in [1.165, 1.54) is 39.0 Å². The summed E-state index contributed by atoms with van der Waals surface area (Å²) >= 11 is 3.02. The molecule has 0 radical (unpaired) electrons. The van der Waals surface area contributed by atoms with Crippen LogP contribution in [-0.2, 0) is 14.4 Å². The van der Waals surface area contributed by atoms with Crippen molar-refractivity contribution < 1.29 is 48.4 Å². The number of halogens is 1. The fraction of sp³-hybridized carbons (Fsp3) is 0.0833. The fourth-order valence-electron chi connectivity index (χ4n) is 4.61. The number of carbonyl (C=O) groups excluding carboxylic acids is 5. The summed E-state index contributed by atoms with van der Waals surface area (Å²) in [5.41, 5.74) is 0.374. The second-order valence-corrected chi connectivity index (χ2v) is 10.8. The summed E-state index contributed by atoms with van der Waals surface area (Å²) in [6.07, 6.45) is 1.18. The Kier molecular flexibility index (Phi) is 10.9. The molecular formula is C36H27BrO10. The first-order chi connectivity index (χ1) is 22.4. The number of esters is 3. The average Bonchev–Trinajstić information content (AvgIpc) is 3.01. The van der Waals surface area contributed by atoms with Crippen LogP contribution in [0.2, 0.25) is 0 Å². The highest BCUT2D eigenvalue weighted by Crippen LogP contribution is 2.33. The summed E-state index contributed by atoms with van der Waals surface area (Å²) in [6, 6.07) is 25.2. The molecule has 0 bridgehead atoms. The number of benzene rings is 5. The molecule has 2 N–H and O–H groups in total. The number of aromatic hydroxyl groups is 2. The zero-order valence-corrected chi connectivity index (χ0v) is 26.9. The van der Waals surface area contributed by atoms with Gasteiger partial charge in [0.15, 0.2) is 5.78 Å². The quantitative estimate of drug-likeness (QED) is 0.146. The van der Waals surface area contributed by atoms with Crippen molar-refractivity contribution in [3.8, 4) is 28.7 Å². The third-order valence-electron chi connectivity index (χ3n) is 6.47. The number of ketones is 2. The number of hydrogen-bond acceptors (Lipinski definition) is 10. The molecule has 10 nitrogen and oxygen atoms in total. The van der Waals surface area contributed by atoms with Crippen LogP contribution in [0.25, 0.3) is 21.5 Å². The second-order valence-electron chi connectivity index (χ2n) is 9.90. The third kappa shape index (κ3) is 8.27. The van der Waals surface area contributed by atoms with E-state index in [2.05, 4.69) is 15.9 Å². The van der Waals surface area contributed by atoms with Crippen molar-refractivity contribution in [2.24, 2.45) is 0 Å². The molecule has 47 heavy (non-hydrogen) atoms. The first-order valence-corrected chi connectivity index (χ1v) is 14.7. The topological polar surface area (TPSA) is 153 Å². The van der Waals surface area contributed by atoms with Crippen molar-refractivity contribution in [1.29, 1.82) is 0 Å². The van der Waals surface area contributed by atoms with Gasteiger partial charge in [-0.2, -0.15) is 0 Å². The Morgan fingerprint density at radius 1 is 0.553 bits per heavy atom. The number of carbonyl (C=O) groups is 5. The van der Waals surface area contributed by atoms with Crippen LogP contribution in [0.5, 0.6) is 28.7 Å². The molecule has 0 saturated carbocycles. The predicted octanol–water partition coefficient (Wildman–Crippen LogP) is 7.21. The lowest BCUT2D eigenvalue weighted by Crippen LogP contribution is -2.17. The SMILES string of the molecule is CC(=O)Oc1cccc2c(OC(C)=O)cccc12.CC(=O)Oc1cccc2c1C(=O)C=C(Br)C2=O.Oc1cccc2c(O)cccc12. The third-order valence-corrected chi connectivity index (χ3v) is 7.06. The lowest BCUT2D eigenvalue weighted by atomic mass is 9.94. The highest BCUT2D eigenvalue weighted by molar-refractivity contribution is 9.12. The maximum absolute atomic E-state index is 11.8. The molecule has 0 aliphatic heterocycles. The van der Waals surface area contributed by atoms with Gasteiger partial charge in [0.05, 0.1) is 10.0 Å². The smallest absolute Gasteiger partial charge is 0.308 e. The van der Waals surface area contributed by atoms with Crippen molar-refractivity contribution in [3.05, 3.63) is 113 Å². The van der Waals surface area contributed by atoms with E-state index in [-0.39, 0.29) is 56.4 Å². The van der Waals surface area contributed by atoms with Crippen LogP contribution in [0.1, 0.15) is 41.5 Å². The maximum atomic E-state index is 11.8. The zero-order chi connectivity index (χ0) is 34.2. The van der Waals surface area contributed by atoms with Crippen molar-refractivity contribution >= 4 is 66.9 Å². The molecule has 1 aliphatic rings. The number of allylic oxidation sites excluding steroid dienone is 2. The van der Waals surface area contributed by atoms with Crippen molar-refractivity contribution in [1.82, 2.24) is 0 Å². The molecule has 6 rings (SSSR count). The molecule has 5 aromatic rings. The number of fused-ring (bicyclic) bond motifs is 3. The number of ether oxygens (including phenoxy) is 3. The van der Waals surface area contributed by atoms with Crippen LogP contribution in [0.15, 0.2) is 102 Å². The first-order valence-electron chi connectivity index (χ1n) is 13.9. The molecule has 0 saturated heterocycles. The minimum absolute atomic E-state index is 0.115. The lowest BCUT2D eigenvalue weighted by Gasteiger charge is -2.14. The lowest BCUT2D eigenvalue weighted by molar-refractivity contribution is -0.132. The van der Waals surface area contributed by atoms with E-state index >= 15 is 0 Å². The van der Waals surface area contributed by atoms with Crippen LogP contribution in [-0.4, -0.2) is 39.7 Å². The molecule has 11 heteroatoms. The minimum atomic E-state index is -0.535. The Labute approximate surface area is 276 Å². The van der Waals surface area contributed by atoms with E-state index in [9.17, 15) is 34.2 Å². The molecule has 5 aromatic carbocycles. The van der Waals surface area contributed by atoms with Gasteiger partial charge in [0.1, 0.15) is 28.7 Å². The van der Waals surface area contributed by atoms with Crippen LogP contribution in [0.4, 0.5) is 0 Å². The van der Waals surface area contributed by atoms with Crippen LogP contribution < -0.4 is 14.2 Å². The van der Waals surface area contributed by atoms with Crippen LogP contribution in [0, 0.1) is 0 Å². The molecule has 1 aliphatic carbocycles. The zero-order valence-electron chi connectivity index (χ0n) is 25.3. The number of Topliss-reactive ketones (excluding diaryl/α,β-unsaturated/α-hetero) is 1. The Balaban J connectivity index is 0.000000163. The Bertz CT molecular complexity index is 1980. The van der Waals surface area contributed by atoms with Gasteiger partial charge in [0, 0.05) is 54.0 Å². The van der Waals surface area contributed by atoms with E-state index in [1.54, 1.807) is 78.9 Å². The Morgan fingerprint density at radius 2 is 0.936 bits per heavy atom. The Morgan fingerprint density at radius 3 is 1.40 bits per heavy atom. The van der Waals surface area contributed by atoms with Gasteiger partial charge in [-0.05, 0) is 52.3 Å². The predicted molar refractivity (Wildman–Crippen MR) is 177 cm³/mol.